The van der Waals surface area contributed by atoms with Gasteiger partial charge in [0.1, 0.15) is 0 Å². The molecule has 3 nitrogen and oxygen atoms in total. The molecule has 104 valence electrons. The zero-order chi connectivity index (χ0) is 13.8. The molecule has 3 heteroatoms. The Labute approximate surface area is 115 Å². The Morgan fingerprint density at radius 1 is 1.32 bits per heavy atom. The van der Waals surface area contributed by atoms with Crippen molar-refractivity contribution in [2.75, 3.05) is 6.61 Å². The monoisotopic (exact) mass is 261 g/mol. The van der Waals surface area contributed by atoms with E-state index in [0.717, 1.165) is 19.3 Å². The third-order valence-electron chi connectivity index (χ3n) is 2.66. The topological polar surface area (TPSA) is 38.3 Å². The fourth-order valence-electron chi connectivity index (χ4n) is 1.56. The summed E-state index contributed by atoms with van der Waals surface area (Å²) >= 11 is 0. The van der Waals surface area contributed by atoms with E-state index in [2.05, 4.69) is 12.2 Å². The molecule has 1 rings (SSSR count). The van der Waals surface area contributed by atoms with Crippen LogP contribution in [0.4, 0.5) is 0 Å². The molecule has 0 bridgehead atoms. The van der Waals surface area contributed by atoms with Crippen LogP contribution in [0.2, 0.25) is 0 Å². The summed E-state index contributed by atoms with van der Waals surface area (Å²) in [6.07, 6.45) is 7.04. The largest absolute Gasteiger partial charge is 0.376 e. The molecule has 0 aliphatic carbocycles. The number of hydrogen-bond acceptors (Lipinski definition) is 2. The number of benzene rings is 1. The molecule has 1 aromatic carbocycles. The Morgan fingerprint density at radius 3 is 2.84 bits per heavy atom. The van der Waals surface area contributed by atoms with Gasteiger partial charge in [-0.25, -0.2) is 0 Å². The molecule has 1 aromatic rings. The van der Waals surface area contributed by atoms with E-state index in [0.29, 0.717) is 19.6 Å². The van der Waals surface area contributed by atoms with Crippen LogP contribution in [-0.4, -0.2) is 12.5 Å². The smallest absolute Gasteiger partial charge is 0.223 e. The summed E-state index contributed by atoms with van der Waals surface area (Å²) in [4.78, 5) is 11.3. The van der Waals surface area contributed by atoms with E-state index in [4.69, 9.17) is 4.74 Å². The van der Waals surface area contributed by atoms with E-state index in [1.165, 1.54) is 5.56 Å². The maximum Gasteiger partial charge on any atom is 0.223 e. The third-order valence-corrected chi connectivity index (χ3v) is 2.66. The number of hydrogen-bond donors (Lipinski definition) is 1. The molecule has 0 aromatic heterocycles. The summed E-state index contributed by atoms with van der Waals surface area (Å²) < 4.78 is 5.53. The van der Waals surface area contributed by atoms with Crippen LogP contribution < -0.4 is 5.32 Å². The van der Waals surface area contributed by atoms with Crippen molar-refractivity contribution < 1.29 is 9.53 Å². The molecular weight excluding hydrogens is 238 g/mol. The molecule has 0 atom stereocenters. The minimum Gasteiger partial charge on any atom is -0.376 e. The predicted octanol–water partition coefficient (Wildman–Crippen LogP) is 3.41. The van der Waals surface area contributed by atoms with Crippen molar-refractivity contribution in [2.45, 2.75) is 39.2 Å². The van der Waals surface area contributed by atoms with Gasteiger partial charge in [0, 0.05) is 6.42 Å². The number of rotatable bonds is 9. The minimum atomic E-state index is 0.0864. The molecular formula is C16H23NO2. The number of unbranched alkanes of at least 4 members (excludes halogenated alkanes) is 1. The van der Waals surface area contributed by atoms with Crippen LogP contribution in [0.3, 0.4) is 0 Å². The van der Waals surface area contributed by atoms with Crippen LogP contribution in [0.1, 0.15) is 38.2 Å². The van der Waals surface area contributed by atoms with E-state index in [-0.39, 0.29) is 5.91 Å². The Bertz CT molecular complexity index is 374. The fraction of sp³-hybridized carbons (Fsp3) is 0.438. The maximum absolute atomic E-state index is 11.3. The molecule has 0 saturated carbocycles. The number of amides is 1. The quantitative estimate of drug-likeness (QED) is 0.692. The van der Waals surface area contributed by atoms with Gasteiger partial charge in [-0.3, -0.25) is 4.79 Å². The Hall–Kier alpha value is -1.61. The van der Waals surface area contributed by atoms with E-state index in [9.17, 15) is 4.79 Å². The number of ether oxygens (including phenoxy) is 1. The van der Waals surface area contributed by atoms with Crippen LogP contribution >= 0.6 is 0 Å². The molecule has 0 spiro atoms. The first-order chi connectivity index (χ1) is 9.33. The van der Waals surface area contributed by atoms with Crippen molar-refractivity contribution in [2.24, 2.45) is 0 Å². The van der Waals surface area contributed by atoms with Gasteiger partial charge in [-0.1, -0.05) is 49.8 Å². The van der Waals surface area contributed by atoms with Crippen LogP contribution in [0.25, 0.3) is 0 Å². The van der Waals surface area contributed by atoms with E-state index in [1.54, 1.807) is 6.20 Å². The van der Waals surface area contributed by atoms with E-state index < -0.39 is 0 Å². The van der Waals surface area contributed by atoms with Gasteiger partial charge in [-0.2, -0.15) is 0 Å². The molecule has 0 aliphatic heterocycles. The number of nitrogens with one attached hydrogen (secondary N) is 1. The predicted molar refractivity (Wildman–Crippen MR) is 77.5 cm³/mol. The molecule has 0 fully saturated rings. The molecule has 0 radical (unpaired) electrons. The van der Waals surface area contributed by atoms with Crippen LogP contribution in [0.5, 0.6) is 0 Å². The summed E-state index contributed by atoms with van der Waals surface area (Å²) in [5.74, 6) is 0.0864. The van der Waals surface area contributed by atoms with Gasteiger partial charge in [0.25, 0.3) is 0 Å². The lowest BCUT2D eigenvalue weighted by atomic mass is 10.2. The normalized spacial score (nSPS) is 10.8. The average Bonchev–Trinajstić information content (AvgIpc) is 2.45. The van der Waals surface area contributed by atoms with E-state index in [1.807, 2.05) is 36.4 Å². The second-order valence-electron chi connectivity index (χ2n) is 4.40. The molecule has 1 amide bonds. The first kappa shape index (κ1) is 15.4. The SMILES string of the molecule is CCCCC(=O)N/C=C\CCOCc1ccccc1. The van der Waals surface area contributed by atoms with Crippen LogP contribution in [0.15, 0.2) is 42.6 Å². The first-order valence-corrected chi connectivity index (χ1v) is 6.89. The average molecular weight is 261 g/mol. The van der Waals surface area contributed by atoms with Gasteiger partial charge in [-0.05, 0) is 24.6 Å². The van der Waals surface area contributed by atoms with Crippen LogP contribution in [0, 0.1) is 0 Å². The van der Waals surface area contributed by atoms with Gasteiger partial charge >= 0.3 is 0 Å². The zero-order valence-electron chi connectivity index (χ0n) is 11.6. The van der Waals surface area contributed by atoms with Crippen LogP contribution in [-0.2, 0) is 16.1 Å². The number of carbonyl (C=O) groups is 1. The lowest BCUT2D eigenvalue weighted by Gasteiger charge is -2.02. The molecule has 0 aliphatic rings. The van der Waals surface area contributed by atoms with Gasteiger partial charge in [0.2, 0.25) is 5.91 Å². The van der Waals surface area contributed by atoms with Crippen molar-refractivity contribution in [1.29, 1.82) is 0 Å². The summed E-state index contributed by atoms with van der Waals surface area (Å²) in [6.45, 7) is 3.38. The highest BCUT2D eigenvalue weighted by Gasteiger charge is 1.95. The third kappa shape index (κ3) is 8.16. The molecule has 0 saturated heterocycles. The second-order valence-corrected chi connectivity index (χ2v) is 4.40. The summed E-state index contributed by atoms with van der Waals surface area (Å²) in [5.41, 5.74) is 1.18. The minimum absolute atomic E-state index is 0.0864. The van der Waals surface area contributed by atoms with Crippen molar-refractivity contribution in [3.63, 3.8) is 0 Å². The number of carbonyl (C=O) groups excluding carboxylic acids is 1. The first-order valence-electron chi connectivity index (χ1n) is 6.89. The van der Waals surface area contributed by atoms with Crippen molar-refractivity contribution in [3.8, 4) is 0 Å². The lowest BCUT2D eigenvalue weighted by molar-refractivity contribution is -0.120. The lowest BCUT2D eigenvalue weighted by Crippen LogP contribution is -2.16. The second kappa shape index (κ2) is 10.3. The Kier molecular flexibility index (Phi) is 8.39. The Balaban J connectivity index is 2.00. The maximum atomic E-state index is 11.3. The highest BCUT2D eigenvalue weighted by molar-refractivity contribution is 5.76. The molecule has 0 heterocycles. The Morgan fingerprint density at radius 2 is 2.11 bits per heavy atom. The van der Waals surface area contributed by atoms with Crippen molar-refractivity contribution in [1.82, 2.24) is 5.32 Å². The fourth-order valence-corrected chi connectivity index (χ4v) is 1.56. The standard InChI is InChI=1S/C16H23NO2/c1-2-3-11-16(18)17-12-7-8-13-19-14-15-9-5-4-6-10-15/h4-7,9-10,12H,2-3,8,11,13-14H2,1H3,(H,17,18)/b12-7-. The molecule has 19 heavy (non-hydrogen) atoms. The van der Waals surface area contributed by atoms with Gasteiger partial charge < -0.3 is 10.1 Å². The van der Waals surface area contributed by atoms with Crippen molar-refractivity contribution >= 4 is 5.91 Å². The molecule has 0 unspecified atom stereocenters. The van der Waals surface area contributed by atoms with Gasteiger partial charge in [0.15, 0.2) is 0 Å². The molecule has 1 N–H and O–H groups in total. The van der Waals surface area contributed by atoms with E-state index >= 15 is 0 Å². The highest BCUT2D eigenvalue weighted by atomic mass is 16.5. The summed E-state index contributed by atoms with van der Waals surface area (Å²) in [5, 5.41) is 2.75. The van der Waals surface area contributed by atoms with Gasteiger partial charge in [0.05, 0.1) is 13.2 Å². The van der Waals surface area contributed by atoms with Gasteiger partial charge in [-0.15, -0.1) is 0 Å². The summed E-state index contributed by atoms with van der Waals surface area (Å²) in [6, 6.07) is 10.1. The zero-order valence-corrected chi connectivity index (χ0v) is 11.6. The van der Waals surface area contributed by atoms with Crippen molar-refractivity contribution in [3.05, 3.63) is 48.2 Å². The summed E-state index contributed by atoms with van der Waals surface area (Å²) in [7, 11) is 0. The highest BCUT2D eigenvalue weighted by Crippen LogP contribution is 2.00.